The second kappa shape index (κ2) is 23.6. The SMILES string of the molecule is CC(C)(C)c1cc(-c2ccc3c(c2)n(-c2[c-]c(Oc4[c-]c5c(cc4)c4ccccc4n5-c4cc(C(C)(C)C)ccn4)ccc2)[c-][n+]3-c2c(-c3cc(C(C)(C)C)cc(C(C)(C)C)c3)cc(C(C)(C)C)cc2-c2cc(C(C)(C)C)cc(C(C)(C)C)c2)cc(C(C)(C)C)c1.[Pt]. The number of para-hydroxylation sites is 1. The van der Waals surface area contributed by atoms with Crippen LogP contribution >= 0.6 is 0 Å². The van der Waals surface area contributed by atoms with Crippen molar-refractivity contribution in [1.29, 1.82) is 0 Å². The molecule has 6 heteroatoms. The van der Waals surface area contributed by atoms with E-state index in [0.29, 0.717) is 11.5 Å². The van der Waals surface area contributed by atoms with Gasteiger partial charge < -0.3 is 13.9 Å². The van der Waals surface area contributed by atoms with E-state index in [1.165, 1.54) is 61.2 Å². The minimum atomic E-state index is -0.196. The summed E-state index contributed by atoms with van der Waals surface area (Å²) in [5, 5.41) is 2.21. The smallest absolute Gasteiger partial charge is 0.268 e. The normalized spacial score (nSPS) is 13.1. The largest absolute Gasteiger partial charge is 0.510 e. The van der Waals surface area contributed by atoms with Gasteiger partial charge in [-0.1, -0.05) is 269 Å². The van der Waals surface area contributed by atoms with Crippen LogP contribution in [0.25, 0.3) is 83.4 Å². The van der Waals surface area contributed by atoms with Crippen molar-refractivity contribution in [1.82, 2.24) is 14.1 Å². The summed E-state index contributed by atoms with van der Waals surface area (Å²) in [6, 6.07) is 64.7. The molecule has 0 amide bonds. The molecular formula is C86H98N4OPt-2. The number of pyridine rings is 1. The molecule has 0 unspecified atom stereocenters. The second-order valence-corrected chi connectivity index (χ2v) is 34.1. The molecule has 11 aromatic rings. The van der Waals surface area contributed by atoms with Crippen LogP contribution in [0.5, 0.6) is 11.5 Å². The molecule has 0 aliphatic rings. The molecule has 0 radical (unpaired) electrons. The predicted molar refractivity (Wildman–Crippen MR) is 386 cm³/mol. The van der Waals surface area contributed by atoms with E-state index in [4.69, 9.17) is 9.72 Å². The monoisotopic (exact) mass is 1400 g/mol. The molecule has 11 rings (SSSR count). The Labute approximate surface area is 566 Å². The first-order chi connectivity index (χ1) is 42.1. The number of imidazole rings is 1. The van der Waals surface area contributed by atoms with E-state index in [1.807, 2.05) is 18.3 Å². The van der Waals surface area contributed by atoms with E-state index >= 15 is 0 Å². The Morgan fingerprint density at radius 3 is 1.32 bits per heavy atom. The average Bonchev–Trinajstić information content (AvgIpc) is 1.54. The number of aromatic nitrogens is 4. The quantitative estimate of drug-likeness (QED) is 0.112. The molecular weight excluding hydrogens is 1300 g/mol. The van der Waals surface area contributed by atoms with Gasteiger partial charge in [-0.25, -0.2) is 4.98 Å². The third kappa shape index (κ3) is 13.6. The first-order valence-corrected chi connectivity index (χ1v) is 32.9. The van der Waals surface area contributed by atoms with Gasteiger partial charge in [-0.05, 0) is 157 Å². The van der Waals surface area contributed by atoms with Crippen LogP contribution in [0.2, 0.25) is 0 Å². The van der Waals surface area contributed by atoms with E-state index in [-0.39, 0.29) is 64.4 Å². The third-order valence-corrected chi connectivity index (χ3v) is 18.4. The zero-order chi connectivity index (χ0) is 66.1. The molecule has 0 bridgehead atoms. The fourth-order valence-corrected chi connectivity index (χ4v) is 12.3. The molecule has 0 fully saturated rings. The molecule has 5 nitrogen and oxygen atoms in total. The second-order valence-electron chi connectivity index (χ2n) is 34.1. The summed E-state index contributed by atoms with van der Waals surface area (Å²) in [7, 11) is 0. The molecule has 0 N–H and O–H groups in total. The van der Waals surface area contributed by atoms with E-state index < -0.39 is 0 Å². The molecule has 92 heavy (non-hydrogen) atoms. The Balaban J connectivity index is 0.00000927. The third-order valence-electron chi connectivity index (χ3n) is 18.4. The fraction of sp³-hybridized carbons (Fsp3) is 0.372. The maximum Gasteiger partial charge on any atom is 0.268 e. The van der Waals surface area contributed by atoms with Crippen molar-refractivity contribution in [3.63, 3.8) is 0 Å². The van der Waals surface area contributed by atoms with Crippen LogP contribution in [-0.4, -0.2) is 14.1 Å². The number of hydrogen-bond acceptors (Lipinski definition) is 2. The van der Waals surface area contributed by atoms with Crippen LogP contribution in [0.15, 0.2) is 158 Å². The van der Waals surface area contributed by atoms with E-state index in [2.05, 4.69) is 338 Å². The zero-order valence-corrected chi connectivity index (χ0v) is 61.8. The van der Waals surface area contributed by atoms with Crippen LogP contribution in [-0.2, 0) is 64.4 Å². The minimum absolute atomic E-state index is 0. The van der Waals surface area contributed by atoms with Gasteiger partial charge in [-0.3, -0.25) is 4.57 Å². The summed E-state index contributed by atoms with van der Waals surface area (Å²) in [5.74, 6) is 1.99. The van der Waals surface area contributed by atoms with Gasteiger partial charge in [0.1, 0.15) is 5.82 Å². The van der Waals surface area contributed by atoms with Crippen LogP contribution in [0, 0.1) is 18.5 Å². The summed E-state index contributed by atoms with van der Waals surface area (Å²) < 4.78 is 13.8. The van der Waals surface area contributed by atoms with Crippen molar-refractivity contribution in [3.8, 4) is 62.1 Å². The molecule has 3 heterocycles. The van der Waals surface area contributed by atoms with E-state index in [0.717, 1.165) is 66.7 Å². The number of fused-ring (bicyclic) bond motifs is 4. The molecule has 3 aromatic heterocycles. The van der Waals surface area contributed by atoms with Gasteiger partial charge in [0.15, 0.2) is 0 Å². The average molecular weight is 1400 g/mol. The van der Waals surface area contributed by atoms with Crippen LogP contribution in [0.1, 0.15) is 211 Å². The summed E-state index contributed by atoms with van der Waals surface area (Å²) >= 11 is 0. The Kier molecular flexibility index (Phi) is 17.3. The number of rotatable bonds is 8. The van der Waals surface area contributed by atoms with Gasteiger partial charge in [0.05, 0.1) is 16.7 Å². The Morgan fingerprint density at radius 1 is 0.370 bits per heavy atom. The van der Waals surface area contributed by atoms with Gasteiger partial charge in [-0.2, -0.15) is 18.2 Å². The van der Waals surface area contributed by atoms with Gasteiger partial charge in [0.2, 0.25) is 0 Å². The van der Waals surface area contributed by atoms with Crippen molar-refractivity contribution in [2.45, 2.75) is 209 Å². The van der Waals surface area contributed by atoms with Crippen LogP contribution in [0.4, 0.5) is 0 Å². The van der Waals surface area contributed by atoms with Crippen LogP contribution in [0.3, 0.4) is 0 Å². The summed E-state index contributed by atoms with van der Waals surface area (Å²) in [5.41, 5.74) is 22.2. The van der Waals surface area contributed by atoms with Crippen molar-refractivity contribution in [3.05, 3.63) is 221 Å². The molecule has 0 spiro atoms. The molecule has 0 saturated heterocycles. The van der Waals surface area contributed by atoms with Crippen molar-refractivity contribution in [2.24, 2.45) is 0 Å². The minimum Gasteiger partial charge on any atom is -0.510 e. The van der Waals surface area contributed by atoms with Gasteiger partial charge in [0.25, 0.3) is 6.33 Å². The molecule has 0 aliphatic carbocycles. The number of hydrogen-bond donors (Lipinski definition) is 0. The molecule has 0 saturated carbocycles. The number of benzene rings is 8. The molecule has 0 aliphatic heterocycles. The first-order valence-electron chi connectivity index (χ1n) is 32.9. The molecule has 8 aromatic carbocycles. The predicted octanol–water partition coefficient (Wildman–Crippen LogP) is 23.0. The number of nitrogens with zero attached hydrogens (tertiary/aromatic N) is 4. The van der Waals surface area contributed by atoms with Crippen molar-refractivity contribution in [2.75, 3.05) is 0 Å². The van der Waals surface area contributed by atoms with Gasteiger partial charge >= 0.3 is 0 Å². The first kappa shape index (κ1) is 67.6. The van der Waals surface area contributed by atoms with E-state index in [9.17, 15) is 0 Å². The standard InChI is InChI=1S/C86H98N4O.Pt/c1-79(2,3)58-36-37-87-77(50-58)90-73-31-26-25-30-69(73)70-34-33-68(52-75(70)90)91-67-29-27-28-66(51-67)88-53-89(74-35-32-54(44-76(74)88)55-38-59(80(4,5)6)45-60(39-55)81(7,8)9)78-71(56-40-61(82(10,11)12)46-62(41-56)83(13,14)15)48-65(86(22,23)24)49-72(78)57-42-63(84(16,17)18)47-64(43-57)85(19,20)21;/h25-50H,1-24H3;/q-2;. The zero-order valence-electron chi connectivity index (χ0n) is 59.5. The van der Waals surface area contributed by atoms with Gasteiger partial charge in [0, 0.05) is 44.3 Å². The fourth-order valence-electron chi connectivity index (χ4n) is 12.3. The van der Waals surface area contributed by atoms with Crippen LogP contribution < -0.4 is 9.30 Å². The Hall–Kier alpha value is -7.33. The summed E-state index contributed by atoms with van der Waals surface area (Å²) in [6.45, 7) is 55.8. The Bertz CT molecular complexity index is 4430. The maximum absolute atomic E-state index is 6.97. The topological polar surface area (TPSA) is 35.9 Å². The van der Waals surface area contributed by atoms with E-state index in [1.54, 1.807) is 0 Å². The maximum atomic E-state index is 6.97. The number of ether oxygens (including phenoxy) is 1. The summed E-state index contributed by atoms with van der Waals surface area (Å²) in [4.78, 5) is 4.96. The Morgan fingerprint density at radius 2 is 0.826 bits per heavy atom. The van der Waals surface area contributed by atoms with Crippen molar-refractivity contribution >= 4 is 32.8 Å². The molecule has 480 valence electrons. The van der Waals surface area contributed by atoms with Gasteiger partial charge in [-0.15, -0.1) is 29.7 Å². The molecule has 0 atom stereocenters. The summed E-state index contributed by atoms with van der Waals surface area (Å²) in [6.07, 6.45) is 6.05. The van der Waals surface area contributed by atoms with Crippen molar-refractivity contribution < 1.29 is 30.4 Å².